The fourth-order valence-electron chi connectivity index (χ4n) is 0.798. The summed E-state index contributed by atoms with van der Waals surface area (Å²) in [4.78, 5) is 0. The van der Waals surface area contributed by atoms with Gasteiger partial charge in [-0.1, -0.05) is 19.6 Å². The zero-order valence-corrected chi connectivity index (χ0v) is 6.56. The predicted molar refractivity (Wildman–Crippen MR) is 44.7 cm³/mol. The van der Waals surface area contributed by atoms with E-state index in [1.807, 2.05) is 0 Å². The summed E-state index contributed by atoms with van der Waals surface area (Å²) in [7, 11) is 0. The van der Waals surface area contributed by atoms with E-state index in [4.69, 9.17) is 0 Å². The summed E-state index contributed by atoms with van der Waals surface area (Å²) in [5, 5.41) is 3.31. The summed E-state index contributed by atoms with van der Waals surface area (Å²) < 4.78 is 0. The molecule has 1 N–H and O–H groups in total. The van der Waals surface area contributed by atoms with Crippen LogP contribution in [0.1, 0.15) is 26.2 Å². The van der Waals surface area contributed by atoms with Crippen LogP contribution in [0.25, 0.3) is 0 Å². The second kappa shape index (κ2) is 3.45. The first-order valence-corrected chi connectivity index (χ1v) is 3.95. The maximum Gasteiger partial charge on any atom is 0.0266 e. The Labute approximate surface area is 62.8 Å². The lowest BCUT2D eigenvalue weighted by molar-refractivity contribution is 0.829. The third-order valence-electron chi connectivity index (χ3n) is 1.52. The molecule has 0 amide bonds. The molecule has 1 heteroatoms. The summed E-state index contributed by atoms with van der Waals surface area (Å²) in [5.74, 6) is 0. The highest BCUT2D eigenvalue weighted by Crippen LogP contribution is 2.19. The standard InChI is InChI=1S/C9H15N/c1-3-4-5-8(2)10-9-6-7-9/h4-5,9-10H,2-3,6-7H2,1H3/b5-4-. The van der Waals surface area contributed by atoms with Crippen molar-refractivity contribution < 1.29 is 0 Å². The molecule has 0 heterocycles. The molecule has 1 saturated carbocycles. The Bertz CT molecular complexity index is 143. The first kappa shape index (κ1) is 7.39. The number of hydrogen-bond acceptors (Lipinski definition) is 1. The SMILES string of the molecule is C=C(/C=C\CC)NC1CC1. The summed E-state index contributed by atoms with van der Waals surface area (Å²) in [6, 6.07) is 0.731. The third kappa shape index (κ3) is 2.72. The molecule has 1 nitrogen and oxygen atoms in total. The highest BCUT2D eigenvalue weighted by molar-refractivity contribution is 5.14. The van der Waals surface area contributed by atoms with Gasteiger partial charge in [0.15, 0.2) is 0 Å². The van der Waals surface area contributed by atoms with Gasteiger partial charge in [-0.3, -0.25) is 0 Å². The van der Waals surface area contributed by atoms with Crippen molar-refractivity contribution in [1.82, 2.24) is 5.32 Å². The van der Waals surface area contributed by atoms with Crippen LogP contribution in [0.4, 0.5) is 0 Å². The van der Waals surface area contributed by atoms with Gasteiger partial charge in [0, 0.05) is 11.7 Å². The van der Waals surface area contributed by atoms with E-state index in [1.165, 1.54) is 12.8 Å². The van der Waals surface area contributed by atoms with Gasteiger partial charge < -0.3 is 5.32 Å². The van der Waals surface area contributed by atoms with Gasteiger partial charge in [0.05, 0.1) is 0 Å². The molecule has 0 spiro atoms. The van der Waals surface area contributed by atoms with Crippen molar-refractivity contribution in [3.05, 3.63) is 24.4 Å². The summed E-state index contributed by atoms with van der Waals surface area (Å²) in [5.41, 5.74) is 1.06. The van der Waals surface area contributed by atoms with Crippen LogP contribution in [0.5, 0.6) is 0 Å². The van der Waals surface area contributed by atoms with E-state index in [1.54, 1.807) is 0 Å². The van der Waals surface area contributed by atoms with Crippen molar-refractivity contribution >= 4 is 0 Å². The first-order chi connectivity index (χ1) is 4.83. The molecule has 56 valence electrons. The molecule has 0 atom stereocenters. The minimum absolute atomic E-state index is 0.731. The zero-order chi connectivity index (χ0) is 7.40. The van der Waals surface area contributed by atoms with Crippen molar-refractivity contribution in [3.8, 4) is 0 Å². The highest BCUT2D eigenvalue weighted by Gasteiger charge is 2.20. The fourth-order valence-corrected chi connectivity index (χ4v) is 0.798. The third-order valence-corrected chi connectivity index (χ3v) is 1.52. The topological polar surface area (TPSA) is 12.0 Å². The smallest absolute Gasteiger partial charge is 0.0266 e. The van der Waals surface area contributed by atoms with Crippen LogP contribution in [-0.4, -0.2) is 6.04 Å². The van der Waals surface area contributed by atoms with Gasteiger partial charge >= 0.3 is 0 Å². The van der Waals surface area contributed by atoms with Gasteiger partial charge in [0.25, 0.3) is 0 Å². The Morgan fingerprint density at radius 1 is 1.70 bits per heavy atom. The average Bonchev–Trinajstić information content (AvgIpc) is 2.67. The minimum atomic E-state index is 0.731. The van der Waals surface area contributed by atoms with E-state index in [0.717, 1.165) is 18.2 Å². The largest absolute Gasteiger partial charge is 0.383 e. The molecule has 0 saturated heterocycles. The maximum absolute atomic E-state index is 3.87. The molecule has 0 radical (unpaired) electrons. The molecule has 0 aliphatic heterocycles. The molecule has 0 unspecified atom stereocenters. The van der Waals surface area contributed by atoms with Crippen LogP contribution < -0.4 is 5.32 Å². The molecule has 0 bridgehead atoms. The number of rotatable bonds is 4. The molecular formula is C9H15N. The Balaban J connectivity index is 2.13. The van der Waals surface area contributed by atoms with Crippen molar-refractivity contribution in [2.75, 3.05) is 0 Å². The summed E-state index contributed by atoms with van der Waals surface area (Å²) >= 11 is 0. The highest BCUT2D eigenvalue weighted by atomic mass is 15.0. The van der Waals surface area contributed by atoms with E-state index in [2.05, 4.69) is 31.0 Å². The van der Waals surface area contributed by atoms with Crippen molar-refractivity contribution in [2.24, 2.45) is 0 Å². The second-order valence-corrected chi connectivity index (χ2v) is 2.75. The lowest BCUT2D eigenvalue weighted by Crippen LogP contribution is -2.12. The molecule has 10 heavy (non-hydrogen) atoms. The molecule has 0 aromatic heterocycles. The second-order valence-electron chi connectivity index (χ2n) is 2.75. The van der Waals surface area contributed by atoms with Crippen molar-refractivity contribution in [2.45, 2.75) is 32.2 Å². The molecular weight excluding hydrogens is 122 g/mol. The quantitative estimate of drug-likeness (QED) is 0.586. The lowest BCUT2D eigenvalue weighted by Gasteiger charge is -2.00. The number of nitrogens with one attached hydrogen (secondary N) is 1. The Kier molecular flexibility index (Phi) is 2.55. The number of hydrogen-bond donors (Lipinski definition) is 1. The van der Waals surface area contributed by atoms with Crippen LogP contribution in [0.2, 0.25) is 0 Å². The van der Waals surface area contributed by atoms with E-state index in [0.29, 0.717) is 0 Å². The normalized spacial score (nSPS) is 17.7. The van der Waals surface area contributed by atoms with E-state index >= 15 is 0 Å². The minimum Gasteiger partial charge on any atom is -0.383 e. The van der Waals surface area contributed by atoms with Gasteiger partial charge in [-0.25, -0.2) is 0 Å². The van der Waals surface area contributed by atoms with Crippen LogP contribution in [0.15, 0.2) is 24.4 Å². The van der Waals surface area contributed by atoms with Gasteiger partial charge in [0.1, 0.15) is 0 Å². The van der Waals surface area contributed by atoms with E-state index in [-0.39, 0.29) is 0 Å². The van der Waals surface area contributed by atoms with Gasteiger partial charge in [-0.05, 0) is 25.3 Å². The van der Waals surface area contributed by atoms with Crippen molar-refractivity contribution in [1.29, 1.82) is 0 Å². The first-order valence-electron chi connectivity index (χ1n) is 3.95. The lowest BCUT2D eigenvalue weighted by atomic mass is 10.3. The van der Waals surface area contributed by atoms with Crippen LogP contribution in [0, 0.1) is 0 Å². The Hall–Kier alpha value is -0.720. The Morgan fingerprint density at radius 3 is 2.90 bits per heavy atom. The molecule has 1 fully saturated rings. The average molecular weight is 137 g/mol. The van der Waals surface area contributed by atoms with Gasteiger partial charge in [-0.15, -0.1) is 0 Å². The van der Waals surface area contributed by atoms with Gasteiger partial charge in [0.2, 0.25) is 0 Å². The fraction of sp³-hybridized carbons (Fsp3) is 0.556. The summed E-state index contributed by atoms with van der Waals surface area (Å²) in [6.07, 6.45) is 7.90. The Morgan fingerprint density at radius 2 is 2.40 bits per heavy atom. The molecule has 0 aromatic rings. The van der Waals surface area contributed by atoms with Crippen LogP contribution >= 0.6 is 0 Å². The van der Waals surface area contributed by atoms with Crippen LogP contribution in [0.3, 0.4) is 0 Å². The molecule has 1 aliphatic rings. The van der Waals surface area contributed by atoms with E-state index in [9.17, 15) is 0 Å². The van der Waals surface area contributed by atoms with Crippen molar-refractivity contribution in [3.63, 3.8) is 0 Å². The molecule has 1 aliphatic carbocycles. The number of allylic oxidation sites excluding steroid dienone is 2. The molecule has 0 aromatic carbocycles. The van der Waals surface area contributed by atoms with E-state index < -0.39 is 0 Å². The predicted octanol–water partition coefficient (Wildman–Crippen LogP) is 2.22. The molecule has 1 rings (SSSR count). The summed E-state index contributed by atoms with van der Waals surface area (Å²) in [6.45, 7) is 6.00. The maximum atomic E-state index is 3.87. The van der Waals surface area contributed by atoms with Gasteiger partial charge in [-0.2, -0.15) is 0 Å². The van der Waals surface area contributed by atoms with Crippen LogP contribution in [-0.2, 0) is 0 Å². The monoisotopic (exact) mass is 137 g/mol. The zero-order valence-electron chi connectivity index (χ0n) is 6.56.